The second-order valence-electron chi connectivity index (χ2n) is 6.76. The van der Waals surface area contributed by atoms with E-state index in [-0.39, 0.29) is 17.0 Å². The Hall–Kier alpha value is -1.35. The lowest BCUT2D eigenvalue weighted by Crippen LogP contribution is -2.53. The molecule has 1 unspecified atom stereocenters. The number of rotatable bonds is 5. The first-order valence-corrected chi connectivity index (χ1v) is 8.65. The first kappa shape index (κ1) is 15.5. The van der Waals surface area contributed by atoms with E-state index < -0.39 is 0 Å². The molecule has 2 fully saturated rings. The molecule has 0 radical (unpaired) electrons. The van der Waals surface area contributed by atoms with Crippen LogP contribution in [0.5, 0.6) is 0 Å². The summed E-state index contributed by atoms with van der Waals surface area (Å²) in [5.41, 5.74) is 0.802. The van der Waals surface area contributed by atoms with Crippen LogP contribution in [-0.2, 0) is 14.9 Å². The molecule has 0 amide bonds. The third-order valence-electron chi connectivity index (χ3n) is 5.75. The van der Waals surface area contributed by atoms with Gasteiger partial charge in [0.15, 0.2) is 0 Å². The Bertz CT molecular complexity index is 517. The molecular formula is C19H27NO2. The molecule has 3 heteroatoms. The van der Waals surface area contributed by atoms with Gasteiger partial charge in [-0.2, -0.15) is 0 Å². The zero-order valence-corrected chi connectivity index (χ0v) is 13.8. The average molecular weight is 301 g/mol. The molecule has 1 saturated carbocycles. The summed E-state index contributed by atoms with van der Waals surface area (Å²) in [5, 5.41) is 0. The van der Waals surface area contributed by atoms with Crippen LogP contribution in [0.15, 0.2) is 30.3 Å². The van der Waals surface area contributed by atoms with Crippen molar-refractivity contribution in [2.75, 3.05) is 19.6 Å². The van der Waals surface area contributed by atoms with E-state index in [1.807, 2.05) is 6.07 Å². The summed E-state index contributed by atoms with van der Waals surface area (Å²) in [6.45, 7) is 7.32. The number of carbonyl (C=O) groups excluding carboxylic acids is 1. The lowest BCUT2D eigenvalue weighted by molar-refractivity contribution is -0.149. The van der Waals surface area contributed by atoms with Gasteiger partial charge in [-0.25, -0.2) is 0 Å². The minimum Gasteiger partial charge on any atom is -0.458 e. The van der Waals surface area contributed by atoms with Gasteiger partial charge in [-0.1, -0.05) is 44.2 Å². The maximum absolute atomic E-state index is 12.3. The molecule has 0 aromatic heterocycles. The zero-order chi connectivity index (χ0) is 15.6. The van der Waals surface area contributed by atoms with Crippen LogP contribution in [0, 0.1) is 0 Å². The van der Waals surface area contributed by atoms with E-state index in [9.17, 15) is 4.79 Å². The van der Waals surface area contributed by atoms with Crippen molar-refractivity contribution in [1.82, 2.24) is 4.90 Å². The number of nitrogens with zero attached hydrogens (tertiary/aromatic N) is 1. The molecular weight excluding hydrogens is 274 g/mol. The Morgan fingerprint density at radius 1 is 1.09 bits per heavy atom. The van der Waals surface area contributed by atoms with Crippen molar-refractivity contribution < 1.29 is 9.53 Å². The van der Waals surface area contributed by atoms with E-state index in [4.69, 9.17) is 4.74 Å². The van der Waals surface area contributed by atoms with Crippen molar-refractivity contribution in [3.63, 3.8) is 0 Å². The van der Waals surface area contributed by atoms with Crippen LogP contribution in [0.25, 0.3) is 0 Å². The van der Waals surface area contributed by atoms with E-state index in [0.29, 0.717) is 6.42 Å². The Kier molecular flexibility index (Phi) is 4.26. The molecule has 22 heavy (non-hydrogen) atoms. The fraction of sp³-hybridized carbons (Fsp3) is 0.632. The number of ether oxygens (including phenoxy) is 1. The van der Waals surface area contributed by atoms with Gasteiger partial charge in [0.05, 0.1) is 11.8 Å². The highest BCUT2D eigenvalue weighted by Gasteiger charge is 2.62. The first-order chi connectivity index (χ1) is 10.7. The van der Waals surface area contributed by atoms with Crippen molar-refractivity contribution in [3.05, 3.63) is 35.9 Å². The summed E-state index contributed by atoms with van der Waals surface area (Å²) in [6.07, 6.45) is 4.87. The number of likely N-dealkylation sites (N-methyl/N-ethyl adjacent to an activating group) is 1. The molecule has 1 atom stereocenters. The lowest BCUT2D eigenvalue weighted by Gasteiger charge is -2.44. The number of hydrogen-bond acceptors (Lipinski definition) is 3. The smallest absolute Gasteiger partial charge is 0.307 e. The molecule has 1 aliphatic heterocycles. The topological polar surface area (TPSA) is 29.5 Å². The van der Waals surface area contributed by atoms with Crippen molar-refractivity contribution in [3.8, 4) is 0 Å². The molecule has 120 valence electrons. The van der Waals surface area contributed by atoms with Gasteiger partial charge in [0.25, 0.3) is 0 Å². The van der Waals surface area contributed by atoms with E-state index in [0.717, 1.165) is 32.5 Å². The minimum atomic E-state index is -0.284. The van der Waals surface area contributed by atoms with Crippen LogP contribution in [0.4, 0.5) is 0 Å². The monoisotopic (exact) mass is 301 g/mol. The summed E-state index contributed by atoms with van der Waals surface area (Å²) in [5.74, 6) is -0.0158. The fourth-order valence-corrected chi connectivity index (χ4v) is 4.53. The summed E-state index contributed by atoms with van der Waals surface area (Å²) >= 11 is 0. The Balaban J connectivity index is 2.08. The summed E-state index contributed by atoms with van der Waals surface area (Å²) in [7, 11) is 0. The SMILES string of the molecule is CCN(CC)CC1(c2ccccc2)CC(=O)OC12CCCC2. The molecule has 2 aliphatic rings. The van der Waals surface area contributed by atoms with Crippen LogP contribution < -0.4 is 0 Å². The van der Waals surface area contributed by atoms with Crippen LogP contribution in [0.2, 0.25) is 0 Å². The van der Waals surface area contributed by atoms with Crippen LogP contribution in [0.3, 0.4) is 0 Å². The van der Waals surface area contributed by atoms with Crippen LogP contribution in [0.1, 0.15) is 51.5 Å². The lowest BCUT2D eigenvalue weighted by atomic mass is 9.65. The molecule has 0 N–H and O–H groups in total. The van der Waals surface area contributed by atoms with E-state index in [2.05, 4.69) is 43.0 Å². The highest BCUT2D eigenvalue weighted by atomic mass is 16.6. The van der Waals surface area contributed by atoms with Gasteiger partial charge >= 0.3 is 5.97 Å². The standard InChI is InChI=1S/C19H27NO2/c1-3-20(4-2)15-18(16-10-6-5-7-11-16)14-17(21)22-19(18)12-8-9-13-19/h5-7,10-11H,3-4,8-9,12-15H2,1-2H3. The Morgan fingerprint density at radius 3 is 2.32 bits per heavy atom. The Labute approximate surface area is 133 Å². The first-order valence-electron chi connectivity index (χ1n) is 8.65. The van der Waals surface area contributed by atoms with Gasteiger partial charge in [0, 0.05) is 6.54 Å². The second kappa shape index (κ2) is 6.04. The molecule has 1 aromatic rings. The average Bonchev–Trinajstić information content (AvgIpc) is 3.12. The predicted octanol–water partition coefficient (Wildman–Crippen LogP) is 3.53. The van der Waals surface area contributed by atoms with Gasteiger partial charge in [-0.15, -0.1) is 0 Å². The van der Waals surface area contributed by atoms with Crippen molar-refractivity contribution in [1.29, 1.82) is 0 Å². The molecule has 1 heterocycles. The third kappa shape index (κ3) is 2.36. The second-order valence-corrected chi connectivity index (χ2v) is 6.76. The molecule has 1 aromatic carbocycles. The molecule has 3 nitrogen and oxygen atoms in total. The van der Waals surface area contributed by atoms with Crippen LogP contribution in [-0.4, -0.2) is 36.1 Å². The maximum Gasteiger partial charge on any atom is 0.307 e. The number of benzene rings is 1. The van der Waals surface area contributed by atoms with Crippen molar-refractivity contribution in [2.24, 2.45) is 0 Å². The van der Waals surface area contributed by atoms with E-state index in [1.165, 1.54) is 18.4 Å². The molecule has 1 saturated heterocycles. The normalized spacial score (nSPS) is 26.8. The predicted molar refractivity (Wildman–Crippen MR) is 87.8 cm³/mol. The maximum atomic E-state index is 12.3. The quantitative estimate of drug-likeness (QED) is 0.779. The van der Waals surface area contributed by atoms with Gasteiger partial charge in [0.2, 0.25) is 0 Å². The molecule has 1 aliphatic carbocycles. The number of hydrogen-bond donors (Lipinski definition) is 0. The third-order valence-corrected chi connectivity index (χ3v) is 5.75. The highest BCUT2D eigenvalue weighted by molar-refractivity contribution is 5.76. The van der Waals surface area contributed by atoms with Crippen molar-refractivity contribution in [2.45, 2.75) is 57.0 Å². The largest absolute Gasteiger partial charge is 0.458 e. The summed E-state index contributed by atoms with van der Waals surface area (Å²) in [6, 6.07) is 10.6. The van der Waals surface area contributed by atoms with E-state index in [1.54, 1.807) is 0 Å². The highest BCUT2D eigenvalue weighted by Crippen LogP contribution is 2.55. The molecule has 3 rings (SSSR count). The van der Waals surface area contributed by atoms with Gasteiger partial charge in [-0.3, -0.25) is 4.79 Å². The number of carbonyl (C=O) groups is 1. The minimum absolute atomic E-state index is 0.0158. The fourth-order valence-electron chi connectivity index (χ4n) is 4.53. The van der Waals surface area contributed by atoms with Crippen LogP contribution >= 0.6 is 0 Å². The number of esters is 1. The Morgan fingerprint density at radius 2 is 1.73 bits per heavy atom. The van der Waals surface area contributed by atoms with Gasteiger partial charge < -0.3 is 9.64 Å². The molecule has 0 bridgehead atoms. The summed E-state index contributed by atoms with van der Waals surface area (Å²) < 4.78 is 6.00. The van der Waals surface area contributed by atoms with Crippen molar-refractivity contribution >= 4 is 5.97 Å². The van der Waals surface area contributed by atoms with Gasteiger partial charge in [0.1, 0.15) is 5.60 Å². The summed E-state index contributed by atoms with van der Waals surface area (Å²) in [4.78, 5) is 14.8. The zero-order valence-electron chi connectivity index (χ0n) is 13.8. The molecule has 1 spiro atoms. The van der Waals surface area contributed by atoms with Gasteiger partial charge in [-0.05, 0) is 44.3 Å². The van der Waals surface area contributed by atoms with E-state index >= 15 is 0 Å².